The molecule has 28 heavy (non-hydrogen) atoms. The highest BCUT2D eigenvalue weighted by Gasteiger charge is 2.18. The Morgan fingerprint density at radius 1 is 0.857 bits per heavy atom. The summed E-state index contributed by atoms with van der Waals surface area (Å²) in [5.74, 6) is -0.963. The minimum atomic E-state index is -0.474. The first kappa shape index (κ1) is 17.9. The van der Waals surface area contributed by atoms with E-state index in [2.05, 4.69) is 5.32 Å². The fourth-order valence-electron chi connectivity index (χ4n) is 3.38. The van der Waals surface area contributed by atoms with Crippen LogP contribution in [-0.4, -0.2) is 5.91 Å². The maximum atomic E-state index is 14.7. The molecule has 1 amide bonds. The minimum absolute atomic E-state index is 0.164. The Kier molecular flexibility index (Phi) is 4.90. The number of rotatable bonds is 4. The predicted molar refractivity (Wildman–Crippen MR) is 113 cm³/mol. The number of nitrogens with one attached hydrogen (secondary N) is 1. The number of fused-ring (bicyclic) bond motifs is 1. The molecule has 0 radical (unpaired) electrons. The van der Waals surface area contributed by atoms with Crippen LogP contribution in [0.15, 0.2) is 91.0 Å². The normalized spacial score (nSPS) is 11.9. The molecule has 0 saturated carbocycles. The van der Waals surface area contributed by atoms with Crippen molar-refractivity contribution >= 4 is 22.4 Å². The molecule has 4 rings (SSSR count). The summed E-state index contributed by atoms with van der Waals surface area (Å²) >= 11 is 0. The van der Waals surface area contributed by atoms with Crippen molar-refractivity contribution in [1.29, 1.82) is 0 Å². The van der Waals surface area contributed by atoms with Gasteiger partial charge in [-0.1, -0.05) is 78.9 Å². The largest absolute Gasteiger partial charge is 0.325 e. The van der Waals surface area contributed by atoms with Crippen molar-refractivity contribution in [3.63, 3.8) is 0 Å². The van der Waals surface area contributed by atoms with E-state index in [0.29, 0.717) is 11.1 Å². The van der Waals surface area contributed by atoms with Crippen molar-refractivity contribution in [3.05, 3.63) is 102 Å². The average Bonchev–Trinajstić information content (AvgIpc) is 2.74. The number of hydrogen-bond donors (Lipinski definition) is 1. The summed E-state index contributed by atoms with van der Waals surface area (Å²) in [5.41, 5.74) is 2.76. The van der Waals surface area contributed by atoms with Gasteiger partial charge in [0.1, 0.15) is 5.82 Å². The van der Waals surface area contributed by atoms with E-state index in [1.165, 1.54) is 6.07 Å². The van der Waals surface area contributed by atoms with E-state index in [4.69, 9.17) is 0 Å². The van der Waals surface area contributed by atoms with Gasteiger partial charge in [0.05, 0.1) is 5.92 Å². The molecule has 3 heteroatoms. The zero-order valence-corrected chi connectivity index (χ0v) is 15.5. The van der Waals surface area contributed by atoms with Crippen molar-refractivity contribution in [2.75, 3.05) is 5.32 Å². The van der Waals surface area contributed by atoms with E-state index in [1.54, 1.807) is 13.0 Å². The zero-order valence-electron chi connectivity index (χ0n) is 15.5. The van der Waals surface area contributed by atoms with E-state index < -0.39 is 5.92 Å². The molecular weight excluding hydrogens is 349 g/mol. The number of amides is 1. The second-order valence-corrected chi connectivity index (χ2v) is 6.84. The number of hydrogen-bond acceptors (Lipinski definition) is 1. The summed E-state index contributed by atoms with van der Waals surface area (Å²) in [7, 11) is 0. The fraction of sp³-hybridized carbons (Fsp3) is 0.0800. The fourth-order valence-corrected chi connectivity index (χ4v) is 3.38. The molecule has 1 N–H and O–H groups in total. The maximum absolute atomic E-state index is 14.7. The Balaban J connectivity index is 1.58. The quantitative estimate of drug-likeness (QED) is 0.444. The van der Waals surface area contributed by atoms with E-state index in [1.807, 2.05) is 78.9 Å². The smallest absolute Gasteiger partial charge is 0.231 e. The van der Waals surface area contributed by atoms with Crippen LogP contribution in [0.1, 0.15) is 18.4 Å². The van der Waals surface area contributed by atoms with E-state index in [9.17, 15) is 9.18 Å². The summed E-state index contributed by atoms with van der Waals surface area (Å²) in [6.45, 7) is 1.79. The van der Waals surface area contributed by atoms with Gasteiger partial charge in [0.25, 0.3) is 0 Å². The molecule has 0 spiro atoms. The van der Waals surface area contributed by atoms with Crippen LogP contribution in [0.2, 0.25) is 0 Å². The monoisotopic (exact) mass is 369 g/mol. The molecular formula is C25H20FNO. The molecule has 4 aromatic carbocycles. The summed E-state index contributed by atoms with van der Waals surface area (Å²) < 4.78 is 14.7. The lowest BCUT2D eigenvalue weighted by Crippen LogP contribution is -2.19. The number of carbonyl (C=O) groups is 1. The molecule has 0 aliphatic carbocycles. The van der Waals surface area contributed by atoms with E-state index in [-0.39, 0.29) is 11.7 Å². The first-order valence-corrected chi connectivity index (χ1v) is 9.27. The molecule has 4 aromatic rings. The highest BCUT2D eigenvalue weighted by atomic mass is 19.1. The summed E-state index contributed by atoms with van der Waals surface area (Å²) in [4.78, 5) is 12.8. The van der Waals surface area contributed by atoms with Crippen molar-refractivity contribution in [3.8, 4) is 11.1 Å². The van der Waals surface area contributed by atoms with Crippen molar-refractivity contribution in [2.45, 2.75) is 12.8 Å². The van der Waals surface area contributed by atoms with Gasteiger partial charge in [-0.25, -0.2) is 4.39 Å². The molecule has 0 fully saturated rings. The molecule has 0 heterocycles. The first-order chi connectivity index (χ1) is 13.6. The van der Waals surface area contributed by atoms with Crippen LogP contribution in [0.3, 0.4) is 0 Å². The van der Waals surface area contributed by atoms with Gasteiger partial charge in [-0.15, -0.1) is 0 Å². The van der Waals surface area contributed by atoms with Crippen molar-refractivity contribution < 1.29 is 9.18 Å². The topological polar surface area (TPSA) is 29.1 Å². The molecule has 2 nitrogen and oxygen atoms in total. The van der Waals surface area contributed by atoms with Gasteiger partial charge in [-0.05, 0) is 35.6 Å². The van der Waals surface area contributed by atoms with Gasteiger partial charge in [-0.2, -0.15) is 0 Å². The molecule has 0 saturated heterocycles. The van der Waals surface area contributed by atoms with Gasteiger partial charge in [-0.3, -0.25) is 4.79 Å². The Labute approximate surface area is 163 Å². The lowest BCUT2D eigenvalue weighted by atomic mass is 9.96. The Bertz CT molecular complexity index is 1130. The molecule has 0 unspecified atom stereocenters. The Morgan fingerprint density at radius 3 is 2.36 bits per heavy atom. The van der Waals surface area contributed by atoms with Crippen LogP contribution in [0.4, 0.5) is 10.1 Å². The Morgan fingerprint density at radius 2 is 1.57 bits per heavy atom. The molecule has 138 valence electrons. The second kappa shape index (κ2) is 7.65. The number of carbonyl (C=O) groups excluding carboxylic acids is 1. The van der Waals surface area contributed by atoms with Crippen LogP contribution >= 0.6 is 0 Å². The van der Waals surface area contributed by atoms with Crippen LogP contribution in [0, 0.1) is 5.82 Å². The average molecular weight is 369 g/mol. The van der Waals surface area contributed by atoms with Crippen LogP contribution < -0.4 is 5.32 Å². The lowest BCUT2D eigenvalue weighted by Gasteiger charge is -2.15. The molecule has 0 bridgehead atoms. The van der Waals surface area contributed by atoms with Crippen LogP contribution in [0.25, 0.3) is 21.9 Å². The number of halogens is 1. The zero-order chi connectivity index (χ0) is 19.5. The second-order valence-electron chi connectivity index (χ2n) is 6.84. The third-order valence-electron chi connectivity index (χ3n) is 5.02. The van der Waals surface area contributed by atoms with E-state index in [0.717, 1.165) is 22.0 Å². The van der Waals surface area contributed by atoms with Gasteiger partial charge >= 0.3 is 0 Å². The van der Waals surface area contributed by atoms with Gasteiger partial charge in [0.15, 0.2) is 0 Å². The van der Waals surface area contributed by atoms with Crippen LogP contribution in [0.5, 0.6) is 0 Å². The van der Waals surface area contributed by atoms with Gasteiger partial charge < -0.3 is 5.32 Å². The highest BCUT2D eigenvalue weighted by molar-refractivity contribution is 6.04. The Hall–Kier alpha value is -3.46. The SMILES string of the molecule is C[C@@H](C(=O)Nc1cccc2ccccc12)c1ccc(-c2ccccc2)c(F)c1. The lowest BCUT2D eigenvalue weighted by molar-refractivity contribution is -0.117. The molecule has 0 aliphatic rings. The third-order valence-corrected chi connectivity index (χ3v) is 5.02. The van der Waals surface area contributed by atoms with Crippen molar-refractivity contribution in [2.24, 2.45) is 0 Å². The first-order valence-electron chi connectivity index (χ1n) is 9.27. The molecule has 1 atom stereocenters. The predicted octanol–water partition coefficient (Wildman–Crippen LogP) is 6.39. The number of anilines is 1. The summed E-state index contributed by atoms with van der Waals surface area (Å²) in [6.07, 6.45) is 0. The molecule has 0 aromatic heterocycles. The van der Waals surface area contributed by atoms with Gasteiger partial charge in [0.2, 0.25) is 5.91 Å². The highest BCUT2D eigenvalue weighted by Crippen LogP contribution is 2.28. The van der Waals surface area contributed by atoms with Crippen LogP contribution in [-0.2, 0) is 4.79 Å². The maximum Gasteiger partial charge on any atom is 0.231 e. The number of benzene rings is 4. The third kappa shape index (κ3) is 3.52. The minimum Gasteiger partial charge on any atom is -0.325 e. The summed E-state index contributed by atoms with van der Waals surface area (Å²) in [6, 6.07) is 28.1. The van der Waals surface area contributed by atoms with Crippen molar-refractivity contribution in [1.82, 2.24) is 0 Å². The summed E-state index contributed by atoms with van der Waals surface area (Å²) in [5, 5.41) is 5.03. The molecule has 0 aliphatic heterocycles. The van der Waals surface area contributed by atoms with E-state index >= 15 is 0 Å². The standard InChI is InChI=1S/C25H20FNO/c1-17(20-14-15-21(23(26)16-20)18-8-3-2-4-9-18)25(28)27-24-13-7-11-19-10-5-6-12-22(19)24/h2-17H,1H3,(H,27,28)/t17-/m1/s1. The van der Waals surface area contributed by atoms with Gasteiger partial charge in [0, 0.05) is 16.6 Å².